The van der Waals surface area contributed by atoms with Gasteiger partial charge in [-0.25, -0.2) is 0 Å². The van der Waals surface area contributed by atoms with Crippen molar-refractivity contribution in [2.75, 3.05) is 26.8 Å². The van der Waals surface area contributed by atoms with E-state index in [1.54, 1.807) is 18.2 Å². The number of rotatable bonds is 15. The van der Waals surface area contributed by atoms with Gasteiger partial charge in [-0.1, -0.05) is 32.6 Å². The number of ether oxygens (including phenoxy) is 2. The third kappa shape index (κ3) is 7.98. The van der Waals surface area contributed by atoms with E-state index < -0.39 is 18.2 Å². The molecule has 10 heteroatoms. The van der Waals surface area contributed by atoms with Crippen LogP contribution in [0.2, 0.25) is 0 Å². The molecule has 1 aromatic carbocycles. The van der Waals surface area contributed by atoms with Crippen molar-refractivity contribution in [2.24, 2.45) is 17.8 Å². The van der Waals surface area contributed by atoms with E-state index in [1.165, 1.54) is 26.4 Å². The van der Waals surface area contributed by atoms with Gasteiger partial charge in [0.05, 0.1) is 29.9 Å². The molecule has 0 radical (unpaired) electrons. The number of aliphatic hydroxyl groups is 3. The van der Waals surface area contributed by atoms with Crippen LogP contribution >= 0.6 is 22.6 Å². The molecular formula is C32H47IN2O7. The Hall–Kier alpha value is -1.89. The topological polar surface area (TPSA) is 129 Å². The maximum atomic E-state index is 14.0. The molecule has 6 atom stereocenters. The van der Waals surface area contributed by atoms with Gasteiger partial charge in [-0.2, -0.15) is 0 Å². The highest BCUT2D eigenvalue weighted by molar-refractivity contribution is 14.1. The number of aliphatic hydroxyl groups excluding tert-OH is 3. The summed E-state index contributed by atoms with van der Waals surface area (Å²) in [5, 5.41) is 33.4. The average Bonchev–Trinajstić information content (AvgIpc) is 3.61. The zero-order valence-corrected chi connectivity index (χ0v) is 27.1. The van der Waals surface area contributed by atoms with Crippen molar-refractivity contribution in [3.63, 3.8) is 0 Å². The Labute approximate surface area is 263 Å². The largest absolute Gasteiger partial charge is 0.493 e. The summed E-state index contributed by atoms with van der Waals surface area (Å²) in [6.07, 6.45) is 9.08. The van der Waals surface area contributed by atoms with E-state index in [0.29, 0.717) is 51.0 Å². The molecule has 9 nitrogen and oxygen atoms in total. The third-order valence-corrected chi connectivity index (χ3v) is 10.0. The minimum absolute atomic E-state index is 0.0447. The number of nitrogens with zero attached hydrogens (tertiary/aromatic N) is 1. The van der Waals surface area contributed by atoms with Gasteiger partial charge in [0.15, 0.2) is 11.5 Å². The molecule has 0 spiro atoms. The normalized spacial score (nSPS) is 26.6. The zero-order chi connectivity index (χ0) is 30.2. The minimum Gasteiger partial charge on any atom is -0.493 e. The fourth-order valence-corrected chi connectivity index (χ4v) is 7.84. The van der Waals surface area contributed by atoms with Crippen LogP contribution in [0.25, 0.3) is 0 Å². The summed E-state index contributed by atoms with van der Waals surface area (Å²) in [6, 6.07) is 2.83. The first-order chi connectivity index (χ1) is 20.3. The maximum absolute atomic E-state index is 14.0. The molecule has 6 unspecified atom stereocenters. The summed E-state index contributed by atoms with van der Waals surface area (Å²) in [5.41, 5.74) is 1.07. The molecule has 2 amide bonds. The predicted molar refractivity (Wildman–Crippen MR) is 168 cm³/mol. The van der Waals surface area contributed by atoms with Crippen LogP contribution in [0.15, 0.2) is 23.8 Å². The lowest BCUT2D eigenvalue weighted by molar-refractivity contribution is -0.140. The lowest BCUT2D eigenvalue weighted by Crippen LogP contribution is -2.55. The van der Waals surface area contributed by atoms with Crippen LogP contribution < -0.4 is 14.8 Å². The van der Waals surface area contributed by atoms with Crippen LogP contribution in [-0.4, -0.2) is 77.1 Å². The maximum Gasteiger partial charge on any atom is 0.247 e. The monoisotopic (exact) mass is 698 g/mol. The summed E-state index contributed by atoms with van der Waals surface area (Å²) in [5.74, 6) is 2.24. The van der Waals surface area contributed by atoms with Gasteiger partial charge < -0.3 is 35.0 Å². The number of unbranched alkanes of at least 4 members (excludes halogenated alkanes) is 3. The van der Waals surface area contributed by atoms with Crippen LogP contribution in [0.3, 0.4) is 0 Å². The van der Waals surface area contributed by atoms with E-state index in [2.05, 4.69) is 34.8 Å². The second-order valence-electron chi connectivity index (χ2n) is 12.1. The number of carbonyl (C=O) groups is 2. The fraction of sp³-hybridized carbons (Fsp3) is 0.688. The van der Waals surface area contributed by atoms with E-state index in [9.17, 15) is 24.9 Å². The Kier molecular flexibility index (Phi) is 12.4. The fourth-order valence-electron chi connectivity index (χ4n) is 7.05. The van der Waals surface area contributed by atoms with Gasteiger partial charge in [0.1, 0.15) is 12.2 Å². The molecule has 0 aromatic heterocycles. The van der Waals surface area contributed by atoms with Gasteiger partial charge >= 0.3 is 0 Å². The lowest BCUT2D eigenvalue weighted by Gasteiger charge is -2.41. The molecule has 3 aliphatic rings. The van der Waals surface area contributed by atoms with Crippen LogP contribution in [0.1, 0.15) is 76.7 Å². The number of hydrogen-bond donors (Lipinski definition) is 4. The highest BCUT2D eigenvalue weighted by Gasteiger charge is 2.44. The minimum atomic E-state index is -1.08. The Morgan fingerprint density at radius 2 is 1.95 bits per heavy atom. The quantitative estimate of drug-likeness (QED) is 0.162. The van der Waals surface area contributed by atoms with Crippen molar-refractivity contribution in [1.82, 2.24) is 10.2 Å². The van der Waals surface area contributed by atoms with Crippen molar-refractivity contribution < 1.29 is 34.4 Å². The smallest absolute Gasteiger partial charge is 0.247 e. The van der Waals surface area contributed by atoms with Gasteiger partial charge in [0.2, 0.25) is 11.8 Å². The molecule has 0 aliphatic heterocycles. The molecule has 4 N–H and O–H groups in total. The Bertz CT molecular complexity index is 1110. The SMILES string of the molecule is CCCCCCN(C(=O)CC1CC2CCC1C2)C1CC(C(=O)NCCO)=CC(Oc2c(I)cc(CO)cc2OC)C1O. The van der Waals surface area contributed by atoms with Gasteiger partial charge in [0, 0.05) is 31.5 Å². The Morgan fingerprint density at radius 3 is 2.60 bits per heavy atom. The highest BCUT2D eigenvalue weighted by atomic mass is 127. The Balaban J connectivity index is 1.63. The number of hydrogen-bond acceptors (Lipinski definition) is 7. The number of methoxy groups -OCH3 is 1. The first-order valence-electron chi connectivity index (χ1n) is 15.5. The van der Waals surface area contributed by atoms with Crippen molar-refractivity contribution in [3.8, 4) is 11.5 Å². The predicted octanol–water partition coefficient (Wildman–Crippen LogP) is 3.94. The van der Waals surface area contributed by atoms with E-state index >= 15 is 0 Å². The van der Waals surface area contributed by atoms with E-state index in [1.807, 2.05) is 4.90 Å². The van der Waals surface area contributed by atoms with Gasteiger partial charge in [-0.15, -0.1) is 0 Å². The molecule has 0 heterocycles. The van der Waals surface area contributed by atoms with Gasteiger partial charge in [-0.3, -0.25) is 9.59 Å². The van der Waals surface area contributed by atoms with E-state index in [-0.39, 0.29) is 38.0 Å². The average molecular weight is 699 g/mol. The number of benzene rings is 1. The molecule has 1 aromatic rings. The number of carbonyl (C=O) groups excluding carboxylic acids is 2. The van der Waals surface area contributed by atoms with Crippen molar-refractivity contribution >= 4 is 34.4 Å². The molecule has 42 heavy (non-hydrogen) atoms. The summed E-state index contributed by atoms with van der Waals surface area (Å²) in [4.78, 5) is 29.0. The second kappa shape index (κ2) is 15.7. The van der Waals surface area contributed by atoms with Crippen LogP contribution in [0, 0.1) is 21.3 Å². The lowest BCUT2D eigenvalue weighted by atomic mass is 9.84. The third-order valence-electron chi connectivity index (χ3n) is 9.23. The molecule has 2 bridgehead atoms. The molecular weight excluding hydrogens is 651 g/mol. The molecule has 3 aliphatic carbocycles. The first-order valence-corrected chi connectivity index (χ1v) is 16.6. The standard InChI is InChI=1S/C32H47IN2O7/c1-3-4-5-6-10-35(29(38)18-23-13-20-7-8-22(23)12-20)26-16-24(32(40)34-9-11-36)17-27(30(26)39)42-31-25(33)14-21(19-37)15-28(31)41-2/h14-15,17,20,22-23,26-27,30,36-37,39H,3-13,16,18-19H2,1-2H3,(H,34,40). The molecule has 4 rings (SSSR count). The number of amides is 2. The van der Waals surface area contributed by atoms with Crippen molar-refractivity contribution in [2.45, 2.75) is 96.0 Å². The number of nitrogens with one attached hydrogen (secondary N) is 1. The molecule has 234 valence electrons. The number of halogens is 1. The van der Waals surface area contributed by atoms with Gasteiger partial charge in [0.25, 0.3) is 0 Å². The van der Waals surface area contributed by atoms with Crippen molar-refractivity contribution in [1.29, 1.82) is 0 Å². The van der Waals surface area contributed by atoms with Gasteiger partial charge in [-0.05, 0) is 89.8 Å². The molecule has 0 saturated heterocycles. The number of fused-ring (bicyclic) bond motifs is 2. The van der Waals surface area contributed by atoms with Crippen molar-refractivity contribution in [3.05, 3.63) is 32.9 Å². The summed E-state index contributed by atoms with van der Waals surface area (Å²) >= 11 is 2.10. The van der Waals surface area contributed by atoms with Crippen LogP contribution in [0.4, 0.5) is 0 Å². The second-order valence-corrected chi connectivity index (χ2v) is 13.2. The first kappa shape index (κ1) is 33.0. The summed E-state index contributed by atoms with van der Waals surface area (Å²) in [7, 11) is 1.51. The van der Waals surface area contributed by atoms with E-state index in [0.717, 1.165) is 38.0 Å². The molecule has 2 fully saturated rings. The Morgan fingerprint density at radius 1 is 1.14 bits per heavy atom. The van der Waals surface area contributed by atoms with Crippen LogP contribution in [0.5, 0.6) is 11.5 Å². The molecule has 2 saturated carbocycles. The highest BCUT2D eigenvalue weighted by Crippen LogP contribution is 2.50. The van der Waals surface area contributed by atoms with Crippen LogP contribution in [-0.2, 0) is 16.2 Å². The zero-order valence-electron chi connectivity index (χ0n) is 24.9. The van der Waals surface area contributed by atoms with E-state index in [4.69, 9.17) is 9.47 Å². The summed E-state index contributed by atoms with van der Waals surface area (Å²) in [6.45, 7) is 2.42. The summed E-state index contributed by atoms with van der Waals surface area (Å²) < 4.78 is 12.6.